The second-order valence-electron chi connectivity index (χ2n) is 9.06. The minimum absolute atomic E-state index is 0.0920. The highest BCUT2D eigenvalue weighted by atomic mass is 16.5. The molecule has 6 heteroatoms. The fraction of sp³-hybridized carbons (Fsp3) is 0.433. The molecule has 2 aromatic carbocycles. The van der Waals surface area contributed by atoms with E-state index in [0.717, 1.165) is 71.5 Å². The van der Waals surface area contributed by atoms with Gasteiger partial charge in [0.05, 0.1) is 20.0 Å². The van der Waals surface area contributed by atoms with Crippen LogP contribution in [0.3, 0.4) is 0 Å². The number of ether oxygens (including phenoxy) is 2. The van der Waals surface area contributed by atoms with Crippen molar-refractivity contribution in [2.75, 3.05) is 33.4 Å². The van der Waals surface area contributed by atoms with Crippen molar-refractivity contribution < 1.29 is 18.7 Å². The Labute approximate surface area is 215 Å². The molecule has 0 aliphatic heterocycles. The molecule has 1 N–H and O–H groups in total. The molecule has 0 spiro atoms. The zero-order valence-corrected chi connectivity index (χ0v) is 22.5. The van der Waals surface area contributed by atoms with Crippen molar-refractivity contribution in [3.63, 3.8) is 0 Å². The maximum Gasteiger partial charge on any atom is 0.244 e. The van der Waals surface area contributed by atoms with Crippen LogP contribution in [0.15, 0.2) is 53.2 Å². The first kappa shape index (κ1) is 27.3. The van der Waals surface area contributed by atoms with E-state index in [1.165, 1.54) is 0 Å². The van der Waals surface area contributed by atoms with E-state index in [-0.39, 0.29) is 11.9 Å². The van der Waals surface area contributed by atoms with Crippen molar-refractivity contribution in [3.05, 3.63) is 54.3 Å². The summed E-state index contributed by atoms with van der Waals surface area (Å²) >= 11 is 0. The standard InChI is InChI=1S/C30H40N2O4/c1-7-32(8-2)15-11-12-22(5)31-30(33)16-21(4)25-18-26-27(23-13-10-14-24(17-23)34-6)20-36-29(26)19-28(25)35-9-3/h10,13-14,16-20,22H,7-9,11-12,15H2,1-6H3,(H,31,33)/b21-16+. The van der Waals surface area contributed by atoms with E-state index in [9.17, 15) is 4.79 Å². The number of nitrogens with one attached hydrogen (secondary N) is 1. The quantitative estimate of drug-likeness (QED) is 0.275. The third kappa shape index (κ3) is 6.91. The van der Waals surface area contributed by atoms with Crippen LogP contribution >= 0.6 is 0 Å². The van der Waals surface area contributed by atoms with Crippen LogP contribution in [-0.4, -0.2) is 50.2 Å². The number of rotatable bonds is 13. The maximum absolute atomic E-state index is 12.8. The van der Waals surface area contributed by atoms with Gasteiger partial charge in [-0.15, -0.1) is 0 Å². The van der Waals surface area contributed by atoms with Gasteiger partial charge in [-0.2, -0.15) is 0 Å². The van der Waals surface area contributed by atoms with Crippen LogP contribution in [0.25, 0.3) is 27.7 Å². The van der Waals surface area contributed by atoms with Gasteiger partial charge >= 0.3 is 0 Å². The van der Waals surface area contributed by atoms with Crippen LogP contribution in [0.2, 0.25) is 0 Å². The van der Waals surface area contributed by atoms with Crippen molar-refractivity contribution in [1.82, 2.24) is 10.2 Å². The largest absolute Gasteiger partial charge is 0.497 e. The van der Waals surface area contributed by atoms with Crippen LogP contribution in [0.1, 0.15) is 53.0 Å². The summed E-state index contributed by atoms with van der Waals surface area (Å²) in [6, 6.07) is 12.0. The summed E-state index contributed by atoms with van der Waals surface area (Å²) in [5.74, 6) is 1.39. The first-order chi connectivity index (χ1) is 17.4. The lowest BCUT2D eigenvalue weighted by atomic mass is 9.99. The molecular weight excluding hydrogens is 452 g/mol. The van der Waals surface area contributed by atoms with Gasteiger partial charge in [0.2, 0.25) is 5.91 Å². The number of allylic oxidation sites excluding steroid dienone is 1. The average molecular weight is 493 g/mol. The molecule has 0 radical (unpaired) electrons. The summed E-state index contributed by atoms with van der Waals surface area (Å²) in [7, 11) is 1.66. The lowest BCUT2D eigenvalue weighted by molar-refractivity contribution is -0.117. The van der Waals surface area contributed by atoms with Gasteiger partial charge in [0.1, 0.15) is 17.1 Å². The smallest absolute Gasteiger partial charge is 0.244 e. The van der Waals surface area contributed by atoms with E-state index in [2.05, 4.69) is 31.0 Å². The molecule has 1 aromatic heterocycles. The molecule has 194 valence electrons. The number of nitrogens with zero attached hydrogens (tertiary/aromatic N) is 1. The lowest BCUT2D eigenvalue weighted by Crippen LogP contribution is -2.32. The number of hydrogen-bond donors (Lipinski definition) is 1. The molecule has 0 saturated heterocycles. The van der Waals surface area contributed by atoms with Gasteiger partial charge in [-0.25, -0.2) is 0 Å². The van der Waals surface area contributed by atoms with E-state index in [1.54, 1.807) is 19.4 Å². The predicted molar refractivity (Wildman–Crippen MR) is 148 cm³/mol. The highest BCUT2D eigenvalue weighted by molar-refractivity contribution is 6.00. The molecule has 3 aromatic rings. The van der Waals surface area contributed by atoms with Gasteiger partial charge < -0.3 is 24.1 Å². The molecule has 1 atom stereocenters. The Morgan fingerprint density at radius 2 is 1.94 bits per heavy atom. The van der Waals surface area contributed by atoms with Crippen LogP contribution in [0.5, 0.6) is 11.5 Å². The molecule has 3 rings (SSSR count). The second kappa shape index (κ2) is 13.2. The van der Waals surface area contributed by atoms with Gasteiger partial charge in [0.15, 0.2) is 0 Å². The molecule has 0 fully saturated rings. The van der Waals surface area contributed by atoms with Crippen molar-refractivity contribution in [1.29, 1.82) is 0 Å². The highest BCUT2D eigenvalue weighted by Crippen LogP contribution is 2.38. The number of hydrogen-bond acceptors (Lipinski definition) is 5. The van der Waals surface area contributed by atoms with E-state index in [1.807, 2.05) is 50.2 Å². The van der Waals surface area contributed by atoms with E-state index in [4.69, 9.17) is 13.9 Å². The van der Waals surface area contributed by atoms with Gasteiger partial charge in [-0.1, -0.05) is 26.0 Å². The van der Waals surface area contributed by atoms with Gasteiger partial charge in [-0.3, -0.25) is 4.79 Å². The Morgan fingerprint density at radius 1 is 1.17 bits per heavy atom. The minimum Gasteiger partial charge on any atom is -0.497 e. The number of methoxy groups -OCH3 is 1. The monoisotopic (exact) mass is 492 g/mol. The zero-order chi connectivity index (χ0) is 26.1. The Hall–Kier alpha value is -3.25. The molecule has 0 aliphatic carbocycles. The fourth-order valence-corrected chi connectivity index (χ4v) is 4.44. The second-order valence-corrected chi connectivity index (χ2v) is 9.06. The van der Waals surface area contributed by atoms with Crippen LogP contribution in [0, 0.1) is 0 Å². The topological polar surface area (TPSA) is 63.9 Å². The fourth-order valence-electron chi connectivity index (χ4n) is 4.44. The molecule has 1 heterocycles. The third-order valence-corrected chi connectivity index (χ3v) is 6.52. The van der Waals surface area contributed by atoms with E-state index < -0.39 is 0 Å². The Kier molecular flexibility index (Phi) is 10.00. The summed E-state index contributed by atoms with van der Waals surface area (Å²) < 4.78 is 17.2. The molecule has 1 unspecified atom stereocenters. The predicted octanol–water partition coefficient (Wildman–Crippen LogP) is 6.54. The molecule has 36 heavy (non-hydrogen) atoms. The van der Waals surface area contributed by atoms with E-state index >= 15 is 0 Å². The first-order valence-corrected chi connectivity index (χ1v) is 12.9. The molecule has 0 saturated carbocycles. The number of benzene rings is 2. The Balaban J connectivity index is 1.82. The van der Waals surface area contributed by atoms with Crippen molar-refractivity contribution in [2.24, 2.45) is 0 Å². The van der Waals surface area contributed by atoms with Crippen molar-refractivity contribution >= 4 is 22.4 Å². The number of amides is 1. The van der Waals surface area contributed by atoms with Crippen molar-refractivity contribution in [3.8, 4) is 22.6 Å². The van der Waals surface area contributed by atoms with Crippen LogP contribution < -0.4 is 14.8 Å². The molecule has 1 amide bonds. The maximum atomic E-state index is 12.8. The van der Waals surface area contributed by atoms with Gasteiger partial charge in [0, 0.05) is 34.7 Å². The molecule has 6 nitrogen and oxygen atoms in total. The summed E-state index contributed by atoms with van der Waals surface area (Å²) in [6.45, 7) is 14.0. The SMILES string of the molecule is CCOc1cc2occ(-c3cccc(OC)c3)c2cc1/C(C)=C/C(=O)NC(C)CCCN(CC)CC. The first-order valence-electron chi connectivity index (χ1n) is 12.9. The van der Waals surface area contributed by atoms with E-state index in [0.29, 0.717) is 12.4 Å². The minimum atomic E-state index is -0.0920. The normalized spacial score (nSPS) is 12.7. The van der Waals surface area contributed by atoms with Gasteiger partial charge in [0.25, 0.3) is 0 Å². The molecule has 0 bridgehead atoms. The summed E-state index contributed by atoms with van der Waals surface area (Å²) in [4.78, 5) is 15.2. The number of carbonyl (C=O) groups is 1. The van der Waals surface area contributed by atoms with Crippen molar-refractivity contribution in [2.45, 2.75) is 53.5 Å². The number of fused-ring (bicyclic) bond motifs is 1. The highest BCUT2D eigenvalue weighted by Gasteiger charge is 2.16. The lowest BCUT2D eigenvalue weighted by Gasteiger charge is -2.19. The van der Waals surface area contributed by atoms with Crippen LogP contribution in [0.4, 0.5) is 0 Å². The third-order valence-electron chi connectivity index (χ3n) is 6.52. The summed E-state index contributed by atoms with van der Waals surface area (Å²) in [5, 5.41) is 4.07. The van der Waals surface area contributed by atoms with Gasteiger partial charge in [-0.05, 0) is 82.6 Å². The molecule has 0 aliphatic rings. The number of furan rings is 1. The summed E-state index contributed by atoms with van der Waals surface area (Å²) in [6.07, 6.45) is 5.43. The summed E-state index contributed by atoms with van der Waals surface area (Å²) in [5.41, 5.74) is 4.41. The average Bonchev–Trinajstić information content (AvgIpc) is 3.29. The Bertz CT molecular complexity index is 1180. The Morgan fingerprint density at radius 3 is 2.64 bits per heavy atom. The van der Waals surface area contributed by atoms with Crippen LogP contribution in [-0.2, 0) is 4.79 Å². The number of carbonyl (C=O) groups excluding carboxylic acids is 1. The zero-order valence-electron chi connectivity index (χ0n) is 22.5. The molecular formula is C30H40N2O4.